The molecule has 1 amide bonds. The van der Waals surface area contributed by atoms with E-state index in [1.54, 1.807) is 31.2 Å². The van der Waals surface area contributed by atoms with Crippen LogP contribution in [-0.4, -0.2) is 30.1 Å². The van der Waals surface area contributed by atoms with Crippen LogP contribution in [0, 0.1) is 0 Å². The van der Waals surface area contributed by atoms with E-state index in [1.807, 2.05) is 0 Å². The molecule has 18 heavy (non-hydrogen) atoms. The number of rotatable bonds is 6. The van der Waals surface area contributed by atoms with Gasteiger partial charge in [0, 0.05) is 12.5 Å². The Kier molecular flexibility index (Phi) is 5.17. The minimum absolute atomic E-state index is 0.0351. The van der Waals surface area contributed by atoms with Gasteiger partial charge in [-0.1, -0.05) is 12.1 Å². The molecule has 5 heteroatoms. The van der Waals surface area contributed by atoms with Crippen molar-refractivity contribution in [3.63, 3.8) is 0 Å². The van der Waals surface area contributed by atoms with E-state index < -0.39 is 5.97 Å². The van der Waals surface area contributed by atoms with Crippen LogP contribution in [0.3, 0.4) is 0 Å². The number of methoxy groups -OCH3 is 1. The fourth-order valence-corrected chi connectivity index (χ4v) is 1.55. The third kappa shape index (κ3) is 4.08. The molecule has 0 heterocycles. The van der Waals surface area contributed by atoms with Gasteiger partial charge in [-0.05, 0) is 25.5 Å². The van der Waals surface area contributed by atoms with Gasteiger partial charge in [-0.2, -0.15) is 0 Å². The number of amides is 1. The number of carbonyl (C=O) groups is 2. The third-order valence-corrected chi connectivity index (χ3v) is 2.52. The summed E-state index contributed by atoms with van der Waals surface area (Å²) in [5, 5.41) is 11.3. The van der Waals surface area contributed by atoms with Crippen molar-refractivity contribution in [1.82, 2.24) is 5.32 Å². The summed E-state index contributed by atoms with van der Waals surface area (Å²) in [5.41, 5.74) is 0.446. The van der Waals surface area contributed by atoms with E-state index >= 15 is 0 Å². The smallest absolute Gasteiger partial charge is 0.303 e. The Bertz CT molecular complexity index is 431. The molecule has 0 aromatic heterocycles. The van der Waals surface area contributed by atoms with Crippen molar-refractivity contribution >= 4 is 11.9 Å². The molecule has 98 valence electrons. The number of carboxylic acids is 1. The van der Waals surface area contributed by atoms with Crippen LogP contribution in [0.25, 0.3) is 0 Å². The highest BCUT2D eigenvalue weighted by atomic mass is 16.5. The molecular formula is C13H17NO4. The van der Waals surface area contributed by atoms with Gasteiger partial charge in [0.15, 0.2) is 0 Å². The van der Waals surface area contributed by atoms with Crippen molar-refractivity contribution in [2.24, 2.45) is 0 Å². The molecule has 0 saturated carbocycles. The molecule has 1 atom stereocenters. The summed E-state index contributed by atoms with van der Waals surface area (Å²) in [6, 6.07) is 6.70. The number of hydrogen-bond donors (Lipinski definition) is 2. The van der Waals surface area contributed by atoms with Crippen molar-refractivity contribution in [2.75, 3.05) is 7.11 Å². The number of para-hydroxylation sites is 1. The zero-order valence-corrected chi connectivity index (χ0v) is 10.5. The van der Waals surface area contributed by atoms with E-state index in [9.17, 15) is 9.59 Å². The Morgan fingerprint density at radius 2 is 2.06 bits per heavy atom. The highest BCUT2D eigenvalue weighted by Gasteiger charge is 2.14. The fourth-order valence-electron chi connectivity index (χ4n) is 1.55. The molecule has 1 aromatic rings. The lowest BCUT2D eigenvalue weighted by Gasteiger charge is -2.14. The second kappa shape index (κ2) is 6.64. The SMILES string of the molecule is COc1ccccc1C(=O)NC(C)CCC(=O)O. The molecule has 0 aliphatic rings. The lowest BCUT2D eigenvalue weighted by Crippen LogP contribution is -2.33. The van der Waals surface area contributed by atoms with E-state index in [4.69, 9.17) is 9.84 Å². The average Bonchev–Trinajstić information content (AvgIpc) is 2.36. The van der Waals surface area contributed by atoms with Gasteiger partial charge in [0.25, 0.3) is 5.91 Å². The van der Waals surface area contributed by atoms with Crippen LogP contribution in [0.15, 0.2) is 24.3 Å². The van der Waals surface area contributed by atoms with Gasteiger partial charge in [-0.25, -0.2) is 0 Å². The molecule has 2 N–H and O–H groups in total. The Hall–Kier alpha value is -2.04. The van der Waals surface area contributed by atoms with Crippen molar-refractivity contribution in [1.29, 1.82) is 0 Å². The van der Waals surface area contributed by atoms with E-state index in [2.05, 4.69) is 5.32 Å². The Morgan fingerprint density at radius 1 is 1.39 bits per heavy atom. The Morgan fingerprint density at radius 3 is 2.67 bits per heavy atom. The summed E-state index contributed by atoms with van der Waals surface area (Å²) in [5.74, 6) is -0.626. The fraction of sp³-hybridized carbons (Fsp3) is 0.385. The Labute approximate surface area is 106 Å². The number of nitrogens with one attached hydrogen (secondary N) is 1. The van der Waals surface area contributed by atoms with Crippen LogP contribution in [0.4, 0.5) is 0 Å². The second-order valence-corrected chi connectivity index (χ2v) is 4.01. The minimum Gasteiger partial charge on any atom is -0.496 e. The van der Waals surface area contributed by atoms with Gasteiger partial charge in [0.2, 0.25) is 0 Å². The molecule has 0 spiro atoms. The number of aliphatic carboxylic acids is 1. The molecular weight excluding hydrogens is 234 g/mol. The van der Waals surface area contributed by atoms with Crippen molar-refractivity contribution in [3.8, 4) is 5.75 Å². The normalized spacial score (nSPS) is 11.7. The quantitative estimate of drug-likeness (QED) is 0.806. The van der Waals surface area contributed by atoms with Crippen LogP contribution in [0.1, 0.15) is 30.1 Å². The molecule has 0 fully saturated rings. The summed E-state index contributed by atoms with van der Waals surface area (Å²) in [4.78, 5) is 22.4. The summed E-state index contributed by atoms with van der Waals surface area (Å²) < 4.78 is 5.09. The van der Waals surface area contributed by atoms with E-state index in [1.165, 1.54) is 7.11 Å². The molecule has 1 aromatic carbocycles. The Balaban J connectivity index is 2.62. The number of carbonyl (C=O) groups excluding carboxylic acids is 1. The summed E-state index contributed by atoms with van der Waals surface area (Å²) in [7, 11) is 1.50. The molecule has 1 unspecified atom stereocenters. The topological polar surface area (TPSA) is 75.6 Å². The van der Waals surface area contributed by atoms with E-state index in [0.717, 1.165) is 0 Å². The van der Waals surface area contributed by atoms with Gasteiger partial charge in [0.1, 0.15) is 5.75 Å². The van der Waals surface area contributed by atoms with Gasteiger partial charge in [0.05, 0.1) is 12.7 Å². The lowest BCUT2D eigenvalue weighted by atomic mass is 10.1. The van der Waals surface area contributed by atoms with Gasteiger partial charge < -0.3 is 15.2 Å². The van der Waals surface area contributed by atoms with Crippen LogP contribution >= 0.6 is 0 Å². The number of benzene rings is 1. The molecule has 0 saturated heterocycles. The highest BCUT2D eigenvalue weighted by molar-refractivity contribution is 5.97. The number of hydrogen-bond acceptors (Lipinski definition) is 3. The maximum absolute atomic E-state index is 11.9. The van der Waals surface area contributed by atoms with E-state index in [-0.39, 0.29) is 18.4 Å². The first-order valence-corrected chi connectivity index (χ1v) is 5.70. The van der Waals surface area contributed by atoms with Crippen molar-refractivity contribution < 1.29 is 19.4 Å². The first kappa shape index (κ1) is 14.0. The first-order valence-electron chi connectivity index (χ1n) is 5.70. The van der Waals surface area contributed by atoms with Gasteiger partial charge >= 0.3 is 5.97 Å². The predicted molar refractivity (Wildman–Crippen MR) is 66.8 cm³/mol. The largest absolute Gasteiger partial charge is 0.496 e. The second-order valence-electron chi connectivity index (χ2n) is 4.01. The lowest BCUT2D eigenvalue weighted by molar-refractivity contribution is -0.137. The number of ether oxygens (including phenoxy) is 1. The van der Waals surface area contributed by atoms with Crippen molar-refractivity contribution in [3.05, 3.63) is 29.8 Å². The average molecular weight is 251 g/mol. The van der Waals surface area contributed by atoms with Crippen molar-refractivity contribution in [2.45, 2.75) is 25.8 Å². The predicted octanol–water partition coefficient (Wildman–Crippen LogP) is 1.68. The molecule has 1 rings (SSSR count). The molecule has 0 bridgehead atoms. The highest BCUT2D eigenvalue weighted by Crippen LogP contribution is 2.17. The third-order valence-electron chi connectivity index (χ3n) is 2.52. The molecule has 0 aliphatic heterocycles. The molecule has 0 radical (unpaired) electrons. The van der Waals surface area contributed by atoms with Crippen LogP contribution in [-0.2, 0) is 4.79 Å². The zero-order valence-electron chi connectivity index (χ0n) is 10.5. The monoisotopic (exact) mass is 251 g/mol. The van der Waals surface area contributed by atoms with Crippen LogP contribution in [0.5, 0.6) is 5.75 Å². The molecule has 0 aliphatic carbocycles. The summed E-state index contributed by atoms with van der Waals surface area (Å²) >= 11 is 0. The maximum Gasteiger partial charge on any atom is 0.303 e. The molecule has 5 nitrogen and oxygen atoms in total. The standard InChI is InChI=1S/C13H17NO4/c1-9(7-8-12(15)16)14-13(17)10-5-3-4-6-11(10)18-2/h3-6,9H,7-8H2,1-2H3,(H,14,17)(H,15,16). The first-order chi connectivity index (χ1) is 8.54. The summed E-state index contributed by atoms with van der Waals surface area (Å²) in [6.45, 7) is 1.77. The van der Waals surface area contributed by atoms with Gasteiger partial charge in [-0.3, -0.25) is 9.59 Å². The zero-order chi connectivity index (χ0) is 13.5. The van der Waals surface area contributed by atoms with Crippen LogP contribution in [0.2, 0.25) is 0 Å². The summed E-state index contributed by atoms with van der Waals surface area (Å²) in [6.07, 6.45) is 0.434. The van der Waals surface area contributed by atoms with Gasteiger partial charge in [-0.15, -0.1) is 0 Å². The maximum atomic E-state index is 11.9. The minimum atomic E-state index is -0.867. The van der Waals surface area contributed by atoms with Crippen LogP contribution < -0.4 is 10.1 Å². The van der Waals surface area contributed by atoms with E-state index in [0.29, 0.717) is 17.7 Å². The number of carboxylic acid groups (broad SMARTS) is 1.